The Bertz CT molecular complexity index is 344. The minimum atomic E-state index is -0.224. The van der Waals surface area contributed by atoms with E-state index in [-0.39, 0.29) is 18.5 Å². The second-order valence-corrected chi connectivity index (χ2v) is 3.99. The first kappa shape index (κ1) is 13.9. The Morgan fingerprint density at radius 1 is 1.47 bits per heavy atom. The summed E-state index contributed by atoms with van der Waals surface area (Å²) in [5.74, 6) is 0.440. The van der Waals surface area contributed by atoms with Crippen LogP contribution in [-0.2, 0) is 0 Å². The van der Waals surface area contributed by atoms with Crippen LogP contribution in [0.5, 0.6) is 5.75 Å². The van der Waals surface area contributed by atoms with Crippen LogP contribution in [0.25, 0.3) is 0 Å². The van der Waals surface area contributed by atoms with Gasteiger partial charge in [-0.3, -0.25) is 0 Å². The number of aryl methyl sites for hydroxylation is 1. The highest BCUT2D eigenvalue weighted by molar-refractivity contribution is 5.28. The lowest BCUT2D eigenvalue weighted by Crippen LogP contribution is -2.33. The summed E-state index contributed by atoms with van der Waals surface area (Å²) in [6, 6.07) is 4.75. The molecule has 1 aromatic carbocycles. The molecular formula is C13H20FNO2. The minimum Gasteiger partial charge on any atom is -0.494 e. The lowest BCUT2D eigenvalue weighted by atomic mass is 10.2. The molecule has 96 valence electrons. The number of halogens is 1. The van der Waals surface area contributed by atoms with Crippen molar-refractivity contribution in [3.63, 3.8) is 0 Å². The SMILES string of the molecule is CCNC(CO)CCOc1ccc(F)c(C)c1. The van der Waals surface area contributed by atoms with E-state index in [0.717, 1.165) is 13.0 Å². The number of rotatable bonds is 7. The van der Waals surface area contributed by atoms with Crippen LogP contribution in [0.2, 0.25) is 0 Å². The third kappa shape index (κ3) is 4.71. The predicted octanol–water partition coefficient (Wildman–Crippen LogP) is 1.87. The maximum Gasteiger partial charge on any atom is 0.126 e. The molecule has 0 amide bonds. The van der Waals surface area contributed by atoms with Gasteiger partial charge < -0.3 is 15.2 Å². The molecule has 0 aliphatic heterocycles. The van der Waals surface area contributed by atoms with Gasteiger partial charge in [-0.05, 0) is 43.7 Å². The number of hydrogen-bond donors (Lipinski definition) is 2. The maximum atomic E-state index is 13.0. The molecule has 0 aliphatic rings. The van der Waals surface area contributed by atoms with Gasteiger partial charge in [0.05, 0.1) is 13.2 Å². The number of nitrogens with one attached hydrogen (secondary N) is 1. The largest absolute Gasteiger partial charge is 0.494 e. The smallest absolute Gasteiger partial charge is 0.126 e. The molecule has 3 nitrogen and oxygen atoms in total. The molecule has 0 bridgehead atoms. The molecule has 0 fully saturated rings. The Kier molecular flexibility index (Phi) is 5.94. The summed E-state index contributed by atoms with van der Waals surface area (Å²) in [6.07, 6.45) is 0.723. The van der Waals surface area contributed by atoms with Gasteiger partial charge in [-0.2, -0.15) is 0 Å². The first-order chi connectivity index (χ1) is 8.17. The predicted molar refractivity (Wildman–Crippen MR) is 65.8 cm³/mol. The van der Waals surface area contributed by atoms with Crippen LogP contribution >= 0.6 is 0 Å². The van der Waals surface area contributed by atoms with Crippen LogP contribution in [0, 0.1) is 12.7 Å². The number of likely N-dealkylation sites (N-methyl/N-ethyl adjacent to an activating group) is 1. The highest BCUT2D eigenvalue weighted by Crippen LogP contribution is 2.16. The molecule has 1 atom stereocenters. The second-order valence-electron chi connectivity index (χ2n) is 3.99. The topological polar surface area (TPSA) is 41.5 Å². The summed E-state index contributed by atoms with van der Waals surface area (Å²) < 4.78 is 18.5. The van der Waals surface area contributed by atoms with E-state index in [1.807, 2.05) is 6.92 Å². The summed E-state index contributed by atoms with van der Waals surface area (Å²) >= 11 is 0. The van der Waals surface area contributed by atoms with E-state index in [4.69, 9.17) is 9.84 Å². The third-order valence-corrected chi connectivity index (χ3v) is 2.58. The van der Waals surface area contributed by atoms with Crippen molar-refractivity contribution in [3.8, 4) is 5.75 Å². The zero-order valence-corrected chi connectivity index (χ0v) is 10.4. The van der Waals surface area contributed by atoms with Gasteiger partial charge in [-0.15, -0.1) is 0 Å². The molecule has 0 aromatic heterocycles. The molecule has 0 spiro atoms. The minimum absolute atomic E-state index is 0.0570. The van der Waals surface area contributed by atoms with Crippen molar-refractivity contribution in [1.29, 1.82) is 0 Å². The van der Waals surface area contributed by atoms with Gasteiger partial charge in [-0.25, -0.2) is 4.39 Å². The van der Waals surface area contributed by atoms with Gasteiger partial charge in [0.25, 0.3) is 0 Å². The van der Waals surface area contributed by atoms with Crippen LogP contribution in [0.3, 0.4) is 0 Å². The summed E-state index contributed by atoms with van der Waals surface area (Å²) in [4.78, 5) is 0. The third-order valence-electron chi connectivity index (χ3n) is 2.58. The Labute approximate surface area is 102 Å². The molecule has 2 N–H and O–H groups in total. The van der Waals surface area contributed by atoms with Crippen LogP contribution in [0.1, 0.15) is 18.9 Å². The molecule has 0 radical (unpaired) electrons. The van der Waals surface area contributed by atoms with Gasteiger partial charge in [0.15, 0.2) is 0 Å². The Hall–Kier alpha value is -1.13. The normalized spacial score (nSPS) is 12.5. The summed E-state index contributed by atoms with van der Waals surface area (Å²) in [7, 11) is 0. The molecule has 4 heteroatoms. The van der Waals surface area contributed by atoms with E-state index in [0.29, 0.717) is 17.9 Å². The van der Waals surface area contributed by atoms with Crippen LogP contribution in [-0.4, -0.2) is 30.9 Å². The van der Waals surface area contributed by atoms with Crippen molar-refractivity contribution in [3.05, 3.63) is 29.6 Å². The van der Waals surface area contributed by atoms with Crippen molar-refractivity contribution in [2.24, 2.45) is 0 Å². The van der Waals surface area contributed by atoms with Crippen LogP contribution in [0.15, 0.2) is 18.2 Å². The zero-order chi connectivity index (χ0) is 12.7. The molecule has 0 aliphatic carbocycles. The zero-order valence-electron chi connectivity index (χ0n) is 10.4. The Balaban J connectivity index is 2.37. The van der Waals surface area contributed by atoms with E-state index in [2.05, 4.69) is 5.32 Å². The molecule has 1 unspecified atom stereocenters. The van der Waals surface area contributed by atoms with Crippen molar-refractivity contribution < 1.29 is 14.2 Å². The first-order valence-electron chi connectivity index (χ1n) is 5.90. The van der Waals surface area contributed by atoms with Gasteiger partial charge in [-0.1, -0.05) is 6.92 Å². The Morgan fingerprint density at radius 3 is 2.82 bits per heavy atom. The molecule has 1 aromatic rings. The van der Waals surface area contributed by atoms with Crippen molar-refractivity contribution in [2.45, 2.75) is 26.3 Å². The fourth-order valence-electron chi connectivity index (χ4n) is 1.57. The van der Waals surface area contributed by atoms with Gasteiger partial charge in [0, 0.05) is 6.04 Å². The monoisotopic (exact) mass is 241 g/mol. The van der Waals surface area contributed by atoms with Crippen molar-refractivity contribution in [1.82, 2.24) is 5.32 Å². The molecular weight excluding hydrogens is 221 g/mol. The number of hydrogen-bond acceptors (Lipinski definition) is 3. The van der Waals surface area contributed by atoms with E-state index in [1.165, 1.54) is 6.07 Å². The first-order valence-corrected chi connectivity index (χ1v) is 5.90. The number of aliphatic hydroxyl groups is 1. The highest BCUT2D eigenvalue weighted by atomic mass is 19.1. The van der Waals surface area contributed by atoms with E-state index in [1.54, 1.807) is 19.1 Å². The number of ether oxygens (including phenoxy) is 1. The van der Waals surface area contributed by atoms with Gasteiger partial charge >= 0.3 is 0 Å². The summed E-state index contributed by atoms with van der Waals surface area (Å²) in [5, 5.41) is 12.2. The lowest BCUT2D eigenvalue weighted by Gasteiger charge is -2.15. The highest BCUT2D eigenvalue weighted by Gasteiger charge is 2.06. The molecule has 1 rings (SSSR count). The summed E-state index contributed by atoms with van der Waals surface area (Å²) in [6.45, 7) is 5.12. The number of aliphatic hydroxyl groups excluding tert-OH is 1. The van der Waals surface area contributed by atoms with Gasteiger partial charge in [0.2, 0.25) is 0 Å². The molecule has 0 heterocycles. The average Bonchev–Trinajstić information content (AvgIpc) is 2.32. The Morgan fingerprint density at radius 2 is 2.24 bits per heavy atom. The van der Waals surface area contributed by atoms with E-state index < -0.39 is 0 Å². The van der Waals surface area contributed by atoms with Gasteiger partial charge in [0.1, 0.15) is 11.6 Å². The quantitative estimate of drug-likeness (QED) is 0.765. The van der Waals surface area contributed by atoms with Crippen LogP contribution in [0.4, 0.5) is 4.39 Å². The lowest BCUT2D eigenvalue weighted by molar-refractivity contribution is 0.210. The molecule has 0 saturated carbocycles. The molecule has 17 heavy (non-hydrogen) atoms. The average molecular weight is 241 g/mol. The molecule has 0 saturated heterocycles. The maximum absolute atomic E-state index is 13.0. The van der Waals surface area contributed by atoms with E-state index >= 15 is 0 Å². The fourth-order valence-corrected chi connectivity index (χ4v) is 1.57. The van der Waals surface area contributed by atoms with Crippen molar-refractivity contribution in [2.75, 3.05) is 19.8 Å². The second kappa shape index (κ2) is 7.25. The summed E-state index contributed by atoms with van der Waals surface area (Å²) in [5.41, 5.74) is 0.577. The standard InChI is InChI=1S/C13H20FNO2/c1-3-15-11(9-16)6-7-17-12-4-5-13(14)10(2)8-12/h4-5,8,11,15-16H,3,6-7,9H2,1-2H3. The fraction of sp³-hybridized carbons (Fsp3) is 0.538. The van der Waals surface area contributed by atoms with Crippen molar-refractivity contribution >= 4 is 0 Å². The number of benzene rings is 1. The van der Waals surface area contributed by atoms with E-state index in [9.17, 15) is 4.39 Å². The van der Waals surface area contributed by atoms with Crippen LogP contribution < -0.4 is 10.1 Å².